The summed E-state index contributed by atoms with van der Waals surface area (Å²) in [6.45, 7) is 4.93. The molecule has 3 aromatic rings. The van der Waals surface area contributed by atoms with Crippen molar-refractivity contribution >= 4 is 25.8 Å². The Hall–Kier alpha value is -3.57. The first-order chi connectivity index (χ1) is 25.8. The molecule has 3 aromatic carbocycles. The minimum absolute atomic E-state index is 0.0393. The molecule has 6 rings (SSSR count). The van der Waals surface area contributed by atoms with Gasteiger partial charge in [0.2, 0.25) is 15.9 Å². The average molecular weight is 786 g/mol. The Bertz CT molecular complexity index is 1990. The van der Waals surface area contributed by atoms with Crippen LogP contribution in [0.2, 0.25) is 0 Å². The van der Waals surface area contributed by atoms with Crippen LogP contribution in [-0.2, 0) is 35.8 Å². The molecule has 1 amide bonds. The van der Waals surface area contributed by atoms with Crippen LogP contribution in [0.15, 0.2) is 76.5 Å². The number of amides is 1. The van der Waals surface area contributed by atoms with E-state index in [4.69, 9.17) is 14.2 Å². The molecule has 4 N–H and O–H groups in total. The third-order valence-corrected chi connectivity index (χ3v) is 15.1. The number of benzene rings is 3. The lowest BCUT2D eigenvalue weighted by Crippen LogP contribution is -2.47. The fraction of sp³-hybridized carbons (Fsp3) is 0.513. The number of aliphatic hydroxyl groups excluding tert-OH is 2. The summed E-state index contributed by atoms with van der Waals surface area (Å²) in [6.07, 6.45) is 2.39. The molecule has 0 radical (unpaired) electrons. The molecular weight excluding hydrogens is 735 g/mol. The molecule has 3 fully saturated rings. The van der Waals surface area contributed by atoms with E-state index in [1.165, 1.54) is 23.4 Å². The van der Waals surface area contributed by atoms with Gasteiger partial charge in [-0.25, -0.2) is 16.8 Å². The summed E-state index contributed by atoms with van der Waals surface area (Å²) in [5.41, 5.74) is 2.21. The highest BCUT2D eigenvalue weighted by atomic mass is 32.2. The number of carbonyl (C=O) groups excluding carboxylic acids is 1. The van der Waals surface area contributed by atoms with E-state index < -0.39 is 42.9 Å². The summed E-state index contributed by atoms with van der Waals surface area (Å²) >= 11 is 0. The normalized spacial score (nSPS) is 20.0. The second kappa shape index (κ2) is 16.7. The molecule has 3 aliphatic rings. The van der Waals surface area contributed by atoms with Crippen LogP contribution in [0.1, 0.15) is 51.5 Å². The van der Waals surface area contributed by atoms with Gasteiger partial charge < -0.3 is 35.1 Å². The van der Waals surface area contributed by atoms with Crippen molar-refractivity contribution in [2.45, 2.75) is 84.7 Å². The maximum Gasteiger partial charge on any atom is 0.246 e. The van der Waals surface area contributed by atoms with Gasteiger partial charge in [-0.3, -0.25) is 4.79 Å². The summed E-state index contributed by atoms with van der Waals surface area (Å²) in [5.74, 6) is 0.554. The second-order valence-corrected chi connectivity index (χ2v) is 18.8. The largest absolute Gasteiger partial charge is 0.492 e. The quantitative estimate of drug-likeness (QED) is 0.158. The molecule has 2 atom stereocenters. The number of aliphatic hydroxyl groups is 2. The van der Waals surface area contributed by atoms with E-state index in [1.54, 1.807) is 24.3 Å². The maximum atomic E-state index is 14.1. The number of rotatable bonds is 17. The third-order valence-electron chi connectivity index (χ3n) is 10.6. The number of hydrogen-bond donors (Lipinski definition) is 4. The van der Waals surface area contributed by atoms with Gasteiger partial charge in [0, 0.05) is 39.1 Å². The highest BCUT2D eigenvalue weighted by molar-refractivity contribution is 7.93. The van der Waals surface area contributed by atoms with Gasteiger partial charge >= 0.3 is 0 Å². The minimum Gasteiger partial charge on any atom is -0.492 e. The number of carbonyl (C=O) groups is 1. The molecule has 0 aromatic heterocycles. The Labute approximate surface area is 318 Å². The van der Waals surface area contributed by atoms with E-state index in [0.717, 1.165) is 16.7 Å². The van der Waals surface area contributed by atoms with Crippen LogP contribution in [0.25, 0.3) is 11.1 Å². The molecule has 2 aliphatic heterocycles. The summed E-state index contributed by atoms with van der Waals surface area (Å²) in [7, 11) is -7.59. The van der Waals surface area contributed by atoms with E-state index in [1.807, 2.05) is 37.3 Å². The number of ether oxygens (including phenoxy) is 3. The van der Waals surface area contributed by atoms with E-state index in [-0.39, 0.29) is 34.9 Å². The summed E-state index contributed by atoms with van der Waals surface area (Å²) in [5, 5.41) is 26.4. The van der Waals surface area contributed by atoms with Gasteiger partial charge in [0.25, 0.3) is 0 Å². The SMILES string of the molecule is CCOc1ccc(-c2ccc(CCNC(C)=O)cc2)cc1S(=O)(=O)N1CCC2(CC1)C[C@H](NCC(O)COc1cccc(S(=O)(=O)C3(CO)CC3)c1)CO2. The highest BCUT2D eigenvalue weighted by Gasteiger charge is 2.54. The second-order valence-electron chi connectivity index (χ2n) is 14.5. The molecule has 2 saturated heterocycles. The van der Waals surface area contributed by atoms with Crippen LogP contribution in [0.3, 0.4) is 0 Å². The molecule has 1 saturated carbocycles. The van der Waals surface area contributed by atoms with Crippen molar-refractivity contribution in [3.8, 4) is 22.6 Å². The van der Waals surface area contributed by atoms with Crippen molar-refractivity contribution in [2.24, 2.45) is 0 Å². The van der Waals surface area contributed by atoms with Crippen molar-refractivity contribution in [1.29, 1.82) is 0 Å². The molecule has 1 unspecified atom stereocenters. The smallest absolute Gasteiger partial charge is 0.246 e. The maximum absolute atomic E-state index is 14.1. The zero-order valence-corrected chi connectivity index (χ0v) is 32.5. The van der Waals surface area contributed by atoms with Gasteiger partial charge in [-0.05, 0) is 92.5 Å². The molecular formula is C39H51N3O10S2. The molecule has 54 heavy (non-hydrogen) atoms. The van der Waals surface area contributed by atoms with Gasteiger partial charge in [0.05, 0.1) is 35.1 Å². The standard InChI is InChI=1S/C39H51N3O10S2/c1-3-50-36-12-11-31(30-9-7-29(8-10-30)13-18-40-28(2)44)21-37(36)54(48,49)42-19-16-38(17-20-42)23-32(25-52-38)41-24-33(45)26-51-34-5-4-6-35(22-34)53(46,47)39(27-43)14-15-39/h4-12,21-22,32-33,41,43,45H,3,13-20,23-27H2,1-2H3,(H,40,44)/t32-,33?/m0/s1. The Morgan fingerprint density at radius 3 is 2.37 bits per heavy atom. The Kier molecular flexibility index (Phi) is 12.4. The number of nitrogens with one attached hydrogen (secondary N) is 2. The average Bonchev–Trinajstić information content (AvgIpc) is 3.89. The molecule has 294 valence electrons. The van der Waals surface area contributed by atoms with Crippen molar-refractivity contribution in [3.63, 3.8) is 0 Å². The van der Waals surface area contributed by atoms with Crippen molar-refractivity contribution in [3.05, 3.63) is 72.3 Å². The Morgan fingerprint density at radius 1 is 0.981 bits per heavy atom. The minimum atomic E-state index is -3.90. The van der Waals surface area contributed by atoms with Gasteiger partial charge in [-0.2, -0.15) is 4.31 Å². The lowest BCUT2D eigenvalue weighted by molar-refractivity contribution is -0.118. The fourth-order valence-electron chi connectivity index (χ4n) is 7.19. The highest BCUT2D eigenvalue weighted by Crippen LogP contribution is 2.46. The zero-order chi connectivity index (χ0) is 38.6. The number of hydrogen-bond acceptors (Lipinski definition) is 11. The van der Waals surface area contributed by atoms with Crippen LogP contribution in [0.4, 0.5) is 0 Å². The van der Waals surface area contributed by atoms with E-state index in [2.05, 4.69) is 10.6 Å². The van der Waals surface area contributed by atoms with Gasteiger partial charge in [-0.1, -0.05) is 36.4 Å². The van der Waals surface area contributed by atoms with Crippen molar-refractivity contribution in [2.75, 3.05) is 52.6 Å². The van der Waals surface area contributed by atoms with Crippen molar-refractivity contribution < 1.29 is 46.1 Å². The Morgan fingerprint density at radius 2 is 1.70 bits per heavy atom. The number of sulfonamides is 1. The molecule has 13 nitrogen and oxygen atoms in total. The first kappa shape index (κ1) is 40.1. The van der Waals surface area contributed by atoms with Crippen LogP contribution in [-0.4, -0.2) is 112 Å². The number of sulfone groups is 1. The molecule has 0 bridgehead atoms. The summed E-state index contributed by atoms with van der Waals surface area (Å²) in [6, 6.07) is 19.2. The van der Waals surface area contributed by atoms with Gasteiger partial charge in [0.15, 0.2) is 9.84 Å². The van der Waals surface area contributed by atoms with Crippen LogP contribution >= 0.6 is 0 Å². The van der Waals surface area contributed by atoms with Gasteiger partial charge in [-0.15, -0.1) is 0 Å². The Balaban J connectivity index is 1.01. The van der Waals surface area contributed by atoms with Gasteiger partial charge in [0.1, 0.15) is 29.1 Å². The van der Waals surface area contributed by atoms with E-state index >= 15 is 0 Å². The lowest BCUT2D eigenvalue weighted by atomic mass is 9.88. The summed E-state index contributed by atoms with van der Waals surface area (Å²) < 4.78 is 72.3. The summed E-state index contributed by atoms with van der Waals surface area (Å²) in [4.78, 5) is 11.4. The molecule has 2 heterocycles. The van der Waals surface area contributed by atoms with Crippen LogP contribution in [0.5, 0.6) is 11.5 Å². The molecule has 15 heteroatoms. The monoisotopic (exact) mass is 785 g/mol. The fourth-order valence-corrected chi connectivity index (χ4v) is 10.6. The zero-order valence-electron chi connectivity index (χ0n) is 30.8. The van der Waals surface area contributed by atoms with Crippen molar-refractivity contribution in [1.82, 2.24) is 14.9 Å². The predicted octanol–water partition coefficient (Wildman–Crippen LogP) is 3.07. The van der Waals surface area contributed by atoms with E-state index in [0.29, 0.717) is 82.9 Å². The number of nitrogens with zero attached hydrogens (tertiary/aromatic N) is 1. The predicted molar refractivity (Wildman–Crippen MR) is 203 cm³/mol. The lowest BCUT2D eigenvalue weighted by Gasteiger charge is -2.38. The first-order valence-corrected chi connectivity index (χ1v) is 21.5. The van der Waals surface area contributed by atoms with Crippen LogP contribution in [0, 0.1) is 0 Å². The van der Waals surface area contributed by atoms with E-state index in [9.17, 15) is 31.8 Å². The topological polar surface area (TPSA) is 181 Å². The molecule has 1 aliphatic carbocycles. The molecule has 1 spiro atoms. The first-order valence-electron chi connectivity index (χ1n) is 18.5. The van der Waals surface area contributed by atoms with Crippen LogP contribution < -0.4 is 20.1 Å². The number of piperidine rings is 1. The third kappa shape index (κ3) is 8.93.